The molecule has 0 aliphatic carbocycles. The number of fused-ring (bicyclic) bond motifs is 1. The smallest absolute Gasteiger partial charge is 0.127 e. The molecule has 0 bridgehead atoms. The second-order valence-electron chi connectivity index (χ2n) is 7.10. The van der Waals surface area contributed by atoms with Crippen molar-refractivity contribution < 1.29 is 4.79 Å². The van der Waals surface area contributed by atoms with Crippen LogP contribution in [0.5, 0.6) is 0 Å². The molecule has 0 radical (unpaired) electrons. The zero-order valence-corrected chi connectivity index (χ0v) is 18.8. The van der Waals surface area contributed by atoms with E-state index in [1.54, 1.807) is 11.8 Å². The van der Waals surface area contributed by atoms with Crippen LogP contribution in [-0.2, 0) is 11.2 Å². The number of piperazine rings is 1. The lowest BCUT2D eigenvalue weighted by atomic mass is 10.2. The predicted molar refractivity (Wildman–Crippen MR) is 126 cm³/mol. The van der Waals surface area contributed by atoms with E-state index in [4.69, 9.17) is 5.73 Å². The number of rotatable bonds is 5. The van der Waals surface area contributed by atoms with Crippen molar-refractivity contribution in [2.24, 2.45) is 5.73 Å². The van der Waals surface area contributed by atoms with Gasteiger partial charge in [0.25, 0.3) is 0 Å². The molecule has 0 aromatic heterocycles. The molecule has 2 aromatic rings. The third-order valence-corrected chi connectivity index (χ3v) is 6.80. The maximum atomic E-state index is 10.2. The number of hydrogen-bond acceptors (Lipinski definition) is 7. The van der Waals surface area contributed by atoms with Gasteiger partial charge in [-0.1, -0.05) is 30.8 Å². The number of nitrogens with one attached hydrogen (secondary N) is 1. The molecule has 2 heterocycles. The van der Waals surface area contributed by atoms with Gasteiger partial charge in [-0.25, -0.2) is 0 Å². The van der Waals surface area contributed by atoms with Crippen molar-refractivity contribution in [2.45, 2.75) is 28.6 Å². The molecule has 1 unspecified atom stereocenters. The highest BCUT2D eigenvalue weighted by Gasteiger charge is 2.20. The molecule has 7 heteroatoms. The van der Waals surface area contributed by atoms with E-state index in [0.29, 0.717) is 6.42 Å². The van der Waals surface area contributed by atoms with Crippen LogP contribution in [0.3, 0.4) is 0 Å². The quantitative estimate of drug-likeness (QED) is 0.553. The largest absolute Gasteiger partial charge is 0.369 e. The summed E-state index contributed by atoms with van der Waals surface area (Å²) in [5.41, 5.74) is 9.45. The van der Waals surface area contributed by atoms with Crippen molar-refractivity contribution in [3.63, 3.8) is 0 Å². The number of thioether (sulfide) groups is 2. The van der Waals surface area contributed by atoms with Gasteiger partial charge in [0.05, 0.1) is 0 Å². The molecule has 29 heavy (non-hydrogen) atoms. The Balaban J connectivity index is 0.000000177. The highest BCUT2D eigenvalue weighted by molar-refractivity contribution is 8.00. The Kier molecular flexibility index (Phi) is 8.29. The predicted octanol–water partition coefficient (Wildman–Crippen LogP) is 3.74. The number of carbonyl (C=O) groups excluding carboxylic acids is 1. The second kappa shape index (κ2) is 10.9. The van der Waals surface area contributed by atoms with Gasteiger partial charge >= 0.3 is 0 Å². The average Bonchev–Trinajstić information content (AvgIpc) is 3.10. The summed E-state index contributed by atoms with van der Waals surface area (Å²) in [4.78, 5) is 17.5. The third kappa shape index (κ3) is 6.40. The summed E-state index contributed by atoms with van der Waals surface area (Å²) in [5, 5.41) is 3.25. The van der Waals surface area contributed by atoms with Gasteiger partial charge in [-0.15, -0.1) is 11.8 Å². The van der Waals surface area contributed by atoms with Gasteiger partial charge in [-0.3, -0.25) is 0 Å². The van der Waals surface area contributed by atoms with Crippen molar-refractivity contribution >= 4 is 41.2 Å². The van der Waals surface area contributed by atoms with Crippen molar-refractivity contribution in [2.75, 3.05) is 49.2 Å². The topological polar surface area (TPSA) is 61.6 Å². The minimum Gasteiger partial charge on any atom is -0.369 e. The molecule has 1 saturated heterocycles. The average molecular weight is 431 g/mol. The van der Waals surface area contributed by atoms with E-state index in [1.165, 1.54) is 21.2 Å². The number of hydrogen-bond donors (Lipinski definition) is 2. The van der Waals surface area contributed by atoms with Gasteiger partial charge in [0.1, 0.15) is 11.8 Å². The highest BCUT2D eigenvalue weighted by atomic mass is 32.2. The Bertz CT molecular complexity index is 792. The Hall–Kier alpha value is -1.67. The molecule has 5 nitrogen and oxygen atoms in total. The SMILES string of the molecule is CCSc1ccc(CC=O)cc1.CN1CCN(c2ccc3c(c2)SC(N)N3)CC1. The molecule has 4 rings (SSSR count). The molecule has 1 fully saturated rings. The van der Waals surface area contributed by atoms with Crippen molar-refractivity contribution in [3.8, 4) is 0 Å². The maximum absolute atomic E-state index is 10.2. The molecule has 2 aliphatic rings. The zero-order valence-electron chi connectivity index (χ0n) is 17.1. The third-order valence-electron chi connectivity index (χ3n) is 4.94. The summed E-state index contributed by atoms with van der Waals surface area (Å²) in [6.45, 7) is 6.63. The normalized spacial score (nSPS) is 18.4. The first-order chi connectivity index (χ1) is 14.1. The van der Waals surface area contributed by atoms with Crippen LogP contribution in [0.25, 0.3) is 0 Å². The Morgan fingerprint density at radius 3 is 2.55 bits per heavy atom. The summed E-state index contributed by atoms with van der Waals surface area (Å²) in [6, 6.07) is 14.7. The number of anilines is 2. The first kappa shape index (κ1) is 22.0. The van der Waals surface area contributed by atoms with Gasteiger partial charge < -0.3 is 25.6 Å². The molecule has 1 atom stereocenters. The minimum absolute atomic E-state index is 0.00717. The van der Waals surface area contributed by atoms with Crippen molar-refractivity contribution in [3.05, 3.63) is 48.0 Å². The van der Waals surface area contributed by atoms with E-state index < -0.39 is 0 Å². The molecule has 156 valence electrons. The minimum atomic E-state index is 0.00717. The van der Waals surface area contributed by atoms with E-state index in [-0.39, 0.29) is 5.50 Å². The van der Waals surface area contributed by atoms with E-state index >= 15 is 0 Å². The Labute approximate surface area is 182 Å². The standard InChI is InChI=1S/C12H18N4S.C10H12OS/c1-15-4-6-16(7-5-15)9-2-3-10-11(8-9)17-12(13)14-10;1-2-12-10-5-3-9(4-6-10)7-8-11/h2-3,8,12,14H,4-7,13H2,1H3;3-6,8H,2,7H2,1H3. The lowest BCUT2D eigenvalue weighted by Crippen LogP contribution is -2.44. The first-order valence-corrected chi connectivity index (χ1v) is 11.9. The molecule has 3 N–H and O–H groups in total. The van der Waals surface area contributed by atoms with E-state index in [0.717, 1.165) is 43.8 Å². The lowest BCUT2D eigenvalue weighted by molar-refractivity contribution is -0.107. The number of carbonyl (C=O) groups is 1. The van der Waals surface area contributed by atoms with Gasteiger partial charge in [-0.05, 0) is 48.7 Å². The van der Waals surface area contributed by atoms with Crippen LogP contribution in [0.1, 0.15) is 12.5 Å². The van der Waals surface area contributed by atoms with E-state index in [2.05, 4.69) is 59.4 Å². The second-order valence-corrected chi connectivity index (χ2v) is 9.62. The molecule has 0 spiro atoms. The number of benzene rings is 2. The van der Waals surface area contributed by atoms with Gasteiger partial charge in [0.2, 0.25) is 0 Å². The van der Waals surface area contributed by atoms with Gasteiger partial charge in [0, 0.05) is 53.8 Å². The first-order valence-electron chi connectivity index (χ1n) is 10.0. The Morgan fingerprint density at radius 2 is 1.90 bits per heavy atom. The summed E-state index contributed by atoms with van der Waals surface area (Å²) in [7, 11) is 2.18. The van der Waals surface area contributed by atoms with Crippen LogP contribution in [-0.4, -0.2) is 55.7 Å². The summed E-state index contributed by atoms with van der Waals surface area (Å²) in [5.74, 6) is 1.09. The summed E-state index contributed by atoms with van der Waals surface area (Å²) in [6.07, 6.45) is 1.46. The van der Waals surface area contributed by atoms with Gasteiger partial charge in [0.15, 0.2) is 0 Å². The highest BCUT2D eigenvalue weighted by Crippen LogP contribution is 2.38. The van der Waals surface area contributed by atoms with Gasteiger partial charge in [-0.2, -0.15) is 0 Å². The van der Waals surface area contributed by atoms with Crippen LogP contribution in [0.15, 0.2) is 52.3 Å². The molecule has 0 saturated carbocycles. The molecule has 2 aliphatic heterocycles. The fourth-order valence-electron chi connectivity index (χ4n) is 3.29. The Morgan fingerprint density at radius 1 is 1.17 bits per heavy atom. The molecular weight excluding hydrogens is 400 g/mol. The monoisotopic (exact) mass is 430 g/mol. The van der Waals surface area contributed by atoms with E-state index in [1.807, 2.05) is 23.9 Å². The fraction of sp³-hybridized carbons (Fsp3) is 0.409. The molecule has 0 amide bonds. The van der Waals surface area contributed by atoms with Crippen LogP contribution in [0.4, 0.5) is 11.4 Å². The maximum Gasteiger partial charge on any atom is 0.127 e. The fourth-order valence-corrected chi connectivity index (χ4v) is 4.86. The van der Waals surface area contributed by atoms with Crippen molar-refractivity contribution in [1.82, 2.24) is 4.90 Å². The number of nitrogens with zero attached hydrogens (tertiary/aromatic N) is 2. The van der Waals surface area contributed by atoms with Crippen LogP contribution in [0.2, 0.25) is 0 Å². The van der Waals surface area contributed by atoms with Crippen molar-refractivity contribution in [1.29, 1.82) is 0 Å². The number of aldehydes is 1. The van der Waals surface area contributed by atoms with Crippen LogP contribution in [0, 0.1) is 0 Å². The zero-order chi connectivity index (χ0) is 20.6. The lowest BCUT2D eigenvalue weighted by Gasteiger charge is -2.34. The molecular formula is C22H30N4OS2. The number of nitrogens with two attached hydrogens (primary N) is 1. The molecule has 2 aromatic carbocycles. The summed E-state index contributed by atoms with van der Waals surface area (Å²) < 4.78 is 0. The van der Waals surface area contributed by atoms with Crippen LogP contribution >= 0.6 is 23.5 Å². The summed E-state index contributed by atoms with van der Waals surface area (Å²) >= 11 is 3.51. The van der Waals surface area contributed by atoms with E-state index in [9.17, 15) is 4.79 Å². The number of likely N-dealkylation sites (N-methyl/N-ethyl adjacent to an activating group) is 1. The van der Waals surface area contributed by atoms with Crippen LogP contribution < -0.4 is 16.0 Å².